The van der Waals surface area contributed by atoms with Gasteiger partial charge < -0.3 is 5.32 Å². The van der Waals surface area contributed by atoms with E-state index in [4.69, 9.17) is 0 Å². The van der Waals surface area contributed by atoms with Crippen LogP contribution in [0, 0.1) is 23.5 Å². The fourth-order valence-corrected chi connectivity index (χ4v) is 3.31. The van der Waals surface area contributed by atoms with Gasteiger partial charge in [0.1, 0.15) is 0 Å². The SMILES string of the molecule is CC1CC(C)CC(NC(C)c2ccc(F)c(F)c2)C1. The van der Waals surface area contributed by atoms with Gasteiger partial charge in [0.2, 0.25) is 0 Å². The summed E-state index contributed by atoms with van der Waals surface area (Å²) in [5, 5.41) is 3.55. The van der Waals surface area contributed by atoms with Crippen LogP contribution in [0.5, 0.6) is 0 Å². The Kier molecular flexibility index (Phi) is 4.56. The van der Waals surface area contributed by atoms with Crippen molar-refractivity contribution in [2.45, 2.75) is 52.1 Å². The van der Waals surface area contributed by atoms with Crippen LogP contribution < -0.4 is 5.32 Å². The van der Waals surface area contributed by atoms with Gasteiger partial charge in [0, 0.05) is 12.1 Å². The number of hydrogen-bond acceptors (Lipinski definition) is 1. The minimum absolute atomic E-state index is 0.0533. The van der Waals surface area contributed by atoms with Crippen molar-refractivity contribution in [2.24, 2.45) is 11.8 Å². The van der Waals surface area contributed by atoms with Gasteiger partial charge in [-0.1, -0.05) is 19.9 Å². The van der Waals surface area contributed by atoms with E-state index in [2.05, 4.69) is 19.2 Å². The molecule has 3 heteroatoms. The lowest BCUT2D eigenvalue weighted by atomic mass is 9.80. The van der Waals surface area contributed by atoms with Crippen LogP contribution >= 0.6 is 0 Å². The molecule has 0 saturated heterocycles. The first-order valence-electron chi connectivity index (χ1n) is 7.16. The molecule has 0 heterocycles. The number of nitrogens with one attached hydrogen (secondary N) is 1. The molecule has 0 spiro atoms. The summed E-state index contributed by atoms with van der Waals surface area (Å²) in [5.41, 5.74) is 0.810. The predicted octanol–water partition coefficient (Wildman–Crippen LogP) is 4.44. The molecule has 1 nitrogen and oxygen atoms in total. The van der Waals surface area contributed by atoms with Crippen molar-refractivity contribution in [2.75, 3.05) is 0 Å². The Hall–Kier alpha value is -0.960. The van der Waals surface area contributed by atoms with Crippen LogP contribution in [0.25, 0.3) is 0 Å². The summed E-state index contributed by atoms with van der Waals surface area (Å²) in [6.45, 7) is 6.58. The molecular weight excluding hydrogens is 244 g/mol. The molecule has 0 radical (unpaired) electrons. The van der Waals surface area contributed by atoms with Crippen LogP contribution in [0.3, 0.4) is 0 Å². The summed E-state index contributed by atoms with van der Waals surface area (Å²) in [5.74, 6) is -0.0794. The summed E-state index contributed by atoms with van der Waals surface area (Å²) in [4.78, 5) is 0. The molecule has 1 saturated carbocycles. The zero-order valence-electron chi connectivity index (χ0n) is 11.9. The summed E-state index contributed by atoms with van der Waals surface area (Å²) in [6.07, 6.45) is 3.62. The van der Waals surface area contributed by atoms with Gasteiger partial charge in [0.15, 0.2) is 11.6 Å². The van der Waals surface area contributed by atoms with E-state index in [1.54, 1.807) is 6.07 Å². The fraction of sp³-hybridized carbons (Fsp3) is 0.625. The number of benzene rings is 1. The van der Waals surface area contributed by atoms with E-state index in [-0.39, 0.29) is 6.04 Å². The van der Waals surface area contributed by atoms with Crippen LogP contribution in [0.15, 0.2) is 18.2 Å². The third-order valence-corrected chi connectivity index (χ3v) is 4.11. The molecule has 0 bridgehead atoms. The molecule has 0 amide bonds. The van der Waals surface area contributed by atoms with Gasteiger partial charge in [-0.15, -0.1) is 0 Å². The normalized spacial score (nSPS) is 29.2. The van der Waals surface area contributed by atoms with E-state index in [1.165, 1.54) is 31.4 Å². The maximum absolute atomic E-state index is 13.2. The summed E-state index contributed by atoms with van der Waals surface area (Å²) >= 11 is 0. The Morgan fingerprint density at radius 1 is 1.05 bits per heavy atom. The van der Waals surface area contributed by atoms with Crippen molar-refractivity contribution >= 4 is 0 Å². The average Bonchev–Trinajstić information content (AvgIpc) is 2.31. The highest BCUT2D eigenvalue weighted by Gasteiger charge is 2.25. The van der Waals surface area contributed by atoms with Crippen LogP contribution in [-0.2, 0) is 0 Å². The first-order valence-corrected chi connectivity index (χ1v) is 7.16. The first-order chi connectivity index (χ1) is 8.95. The van der Waals surface area contributed by atoms with E-state index in [0.29, 0.717) is 6.04 Å². The Morgan fingerprint density at radius 2 is 1.68 bits per heavy atom. The summed E-state index contributed by atoms with van der Waals surface area (Å²) < 4.78 is 26.2. The minimum Gasteiger partial charge on any atom is -0.307 e. The van der Waals surface area contributed by atoms with Gasteiger partial charge in [0.05, 0.1) is 0 Å². The zero-order chi connectivity index (χ0) is 14.0. The van der Waals surface area contributed by atoms with Crippen molar-refractivity contribution in [3.63, 3.8) is 0 Å². The second-order valence-electron chi connectivity index (χ2n) is 6.18. The van der Waals surface area contributed by atoms with E-state index < -0.39 is 11.6 Å². The van der Waals surface area contributed by atoms with Gasteiger partial charge in [-0.05, 0) is 55.7 Å². The average molecular weight is 267 g/mol. The van der Waals surface area contributed by atoms with Crippen LogP contribution in [0.1, 0.15) is 51.6 Å². The highest BCUT2D eigenvalue weighted by atomic mass is 19.2. The maximum atomic E-state index is 13.2. The Labute approximate surface area is 114 Å². The first kappa shape index (κ1) is 14.4. The van der Waals surface area contributed by atoms with Crippen LogP contribution in [0.2, 0.25) is 0 Å². The molecule has 19 heavy (non-hydrogen) atoms. The topological polar surface area (TPSA) is 12.0 Å². The lowest BCUT2D eigenvalue weighted by Gasteiger charge is -2.34. The summed E-state index contributed by atoms with van der Waals surface area (Å²) in [7, 11) is 0. The molecular formula is C16H23F2N. The van der Waals surface area contributed by atoms with Crippen molar-refractivity contribution in [3.05, 3.63) is 35.4 Å². The molecule has 0 aromatic heterocycles. The van der Waals surface area contributed by atoms with E-state index in [9.17, 15) is 8.78 Å². The molecule has 2 rings (SSSR count). The predicted molar refractivity (Wildman–Crippen MR) is 73.9 cm³/mol. The molecule has 3 atom stereocenters. The van der Waals surface area contributed by atoms with Gasteiger partial charge >= 0.3 is 0 Å². The number of halogens is 2. The third kappa shape index (κ3) is 3.75. The van der Waals surface area contributed by atoms with Gasteiger partial charge in [-0.2, -0.15) is 0 Å². The van der Waals surface area contributed by atoms with Crippen molar-refractivity contribution in [3.8, 4) is 0 Å². The Morgan fingerprint density at radius 3 is 2.26 bits per heavy atom. The number of rotatable bonds is 3. The van der Waals surface area contributed by atoms with E-state index >= 15 is 0 Å². The van der Waals surface area contributed by atoms with Gasteiger partial charge in [-0.3, -0.25) is 0 Å². The minimum atomic E-state index is -0.782. The second-order valence-corrected chi connectivity index (χ2v) is 6.18. The van der Waals surface area contributed by atoms with Gasteiger partial charge in [0.25, 0.3) is 0 Å². The smallest absolute Gasteiger partial charge is 0.159 e. The Balaban J connectivity index is 2.00. The maximum Gasteiger partial charge on any atom is 0.159 e. The lowest BCUT2D eigenvalue weighted by molar-refractivity contribution is 0.228. The summed E-state index contributed by atoms with van der Waals surface area (Å²) in [6, 6.07) is 4.68. The standard InChI is InChI=1S/C16H23F2N/c1-10-6-11(2)8-14(7-10)19-12(3)13-4-5-15(17)16(18)9-13/h4-5,9-12,14,19H,6-8H2,1-3H3. The number of hydrogen-bond donors (Lipinski definition) is 1. The second kappa shape index (κ2) is 6.00. The van der Waals surface area contributed by atoms with E-state index in [0.717, 1.165) is 17.4 Å². The molecule has 1 aromatic carbocycles. The monoisotopic (exact) mass is 267 g/mol. The van der Waals surface area contributed by atoms with Crippen LogP contribution in [-0.4, -0.2) is 6.04 Å². The molecule has 1 aliphatic rings. The molecule has 1 fully saturated rings. The fourth-order valence-electron chi connectivity index (χ4n) is 3.31. The molecule has 1 N–H and O–H groups in total. The van der Waals surface area contributed by atoms with Crippen molar-refractivity contribution < 1.29 is 8.78 Å². The van der Waals surface area contributed by atoms with Gasteiger partial charge in [-0.25, -0.2) is 8.78 Å². The van der Waals surface area contributed by atoms with Crippen LogP contribution in [0.4, 0.5) is 8.78 Å². The highest BCUT2D eigenvalue weighted by Crippen LogP contribution is 2.30. The quantitative estimate of drug-likeness (QED) is 0.853. The highest BCUT2D eigenvalue weighted by molar-refractivity contribution is 5.20. The molecule has 3 unspecified atom stereocenters. The zero-order valence-corrected chi connectivity index (χ0v) is 11.9. The molecule has 1 aliphatic carbocycles. The lowest BCUT2D eigenvalue weighted by Crippen LogP contribution is -2.37. The molecule has 106 valence electrons. The van der Waals surface area contributed by atoms with E-state index in [1.807, 2.05) is 6.92 Å². The molecule has 0 aliphatic heterocycles. The Bertz CT molecular complexity index is 423. The van der Waals surface area contributed by atoms with Crippen molar-refractivity contribution in [1.82, 2.24) is 5.32 Å². The molecule has 1 aromatic rings. The third-order valence-electron chi connectivity index (χ3n) is 4.11. The van der Waals surface area contributed by atoms with Crippen molar-refractivity contribution in [1.29, 1.82) is 0 Å². The largest absolute Gasteiger partial charge is 0.307 e.